The highest BCUT2D eigenvalue weighted by molar-refractivity contribution is 5.58. The van der Waals surface area contributed by atoms with E-state index in [1.165, 1.54) is 5.56 Å². The minimum absolute atomic E-state index is 0.139. The molecule has 0 aromatic heterocycles. The van der Waals surface area contributed by atoms with Crippen molar-refractivity contribution in [3.05, 3.63) is 29.6 Å². The number of benzene rings is 1. The number of ether oxygens (including phenoxy) is 1. The van der Waals surface area contributed by atoms with E-state index in [1.807, 2.05) is 6.07 Å². The predicted molar refractivity (Wildman–Crippen MR) is 78.7 cm³/mol. The fourth-order valence-corrected chi connectivity index (χ4v) is 3.36. The third-order valence-electron chi connectivity index (χ3n) is 4.46. The molecule has 0 saturated carbocycles. The second-order valence-electron chi connectivity index (χ2n) is 5.76. The van der Waals surface area contributed by atoms with Crippen LogP contribution >= 0.6 is 0 Å². The molecular weight excluding hydrogens is 255 g/mol. The summed E-state index contributed by atoms with van der Waals surface area (Å²) in [6.45, 7) is 6.76. The van der Waals surface area contributed by atoms with Crippen LogP contribution in [0.1, 0.15) is 18.9 Å². The highest BCUT2D eigenvalue weighted by atomic mass is 19.1. The summed E-state index contributed by atoms with van der Waals surface area (Å²) in [5, 5.41) is 3.58. The largest absolute Gasteiger partial charge is 0.381 e. The van der Waals surface area contributed by atoms with Crippen LogP contribution in [0.5, 0.6) is 0 Å². The summed E-state index contributed by atoms with van der Waals surface area (Å²) in [7, 11) is 0. The molecule has 1 aromatic rings. The number of rotatable bonds is 5. The lowest BCUT2D eigenvalue weighted by atomic mass is 9.98. The van der Waals surface area contributed by atoms with E-state index in [2.05, 4.69) is 17.1 Å². The van der Waals surface area contributed by atoms with E-state index < -0.39 is 0 Å². The van der Waals surface area contributed by atoms with E-state index in [4.69, 9.17) is 4.74 Å². The van der Waals surface area contributed by atoms with E-state index in [-0.39, 0.29) is 5.82 Å². The van der Waals surface area contributed by atoms with Crippen molar-refractivity contribution < 1.29 is 9.13 Å². The summed E-state index contributed by atoms with van der Waals surface area (Å²) < 4.78 is 19.0. The molecule has 0 aliphatic carbocycles. The smallest absolute Gasteiger partial charge is 0.125 e. The number of hydrogen-bond donors (Lipinski definition) is 1. The van der Waals surface area contributed by atoms with Gasteiger partial charge in [-0.3, -0.25) is 0 Å². The molecular formula is C16H23FN2O. The highest BCUT2D eigenvalue weighted by Crippen LogP contribution is 2.30. The molecule has 2 unspecified atom stereocenters. The van der Waals surface area contributed by atoms with E-state index in [0.29, 0.717) is 12.0 Å². The molecule has 1 aromatic carbocycles. The fraction of sp³-hybridized carbons (Fsp3) is 0.625. The SMILES string of the molecule is CCNC(CN1CCc2ccc(F)cc21)C1CCOC1. The molecule has 20 heavy (non-hydrogen) atoms. The Bertz CT molecular complexity index is 460. The van der Waals surface area contributed by atoms with Gasteiger partial charge in [-0.2, -0.15) is 0 Å². The molecule has 3 rings (SSSR count). The molecule has 2 aliphatic rings. The maximum atomic E-state index is 13.5. The van der Waals surface area contributed by atoms with Gasteiger partial charge in [-0.05, 0) is 37.1 Å². The second-order valence-corrected chi connectivity index (χ2v) is 5.76. The first-order chi connectivity index (χ1) is 9.78. The summed E-state index contributed by atoms with van der Waals surface area (Å²) in [5.41, 5.74) is 2.34. The van der Waals surface area contributed by atoms with Crippen LogP contribution in [0.4, 0.5) is 10.1 Å². The van der Waals surface area contributed by atoms with E-state index in [0.717, 1.165) is 51.4 Å². The van der Waals surface area contributed by atoms with Gasteiger partial charge in [0.1, 0.15) is 5.82 Å². The first-order valence-corrected chi connectivity index (χ1v) is 7.62. The average Bonchev–Trinajstić information content (AvgIpc) is 3.08. The number of fused-ring (bicyclic) bond motifs is 1. The Kier molecular flexibility index (Phi) is 4.22. The number of likely N-dealkylation sites (N-methyl/N-ethyl adjacent to an activating group) is 1. The Morgan fingerprint density at radius 2 is 2.40 bits per heavy atom. The fourth-order valence-electron chi connectivity index (χ4n) is 3.36. The van der Waals surface area contributed by atoms with E-state index in [1.54, 1.807) is 12.1 Å². The van der Waals surface area contributed by atoms with Crippen molar-refractivity contribution in [2.24, 2.45) is 5.92 Å². The zero-order valence-electron chi connectivity index (χ0n) is 12.1. The maximum Gasteiger partial charge on any atom is 0.125 e. The monoisotopic (exact) mass is 278 g/mol. The molecule has 2 aliphatic heterocycles. The van der Waals surface area contributed by atoms with Crippen molar-refractivity contribution >= 4 is 5.69 Å². The van der Waals surface area contributed by atoms with Crippen LogP contribution in [0.3, 0.4) is 0 Å². The molecule has 2 atom stereocenters. The number of nitrogens with zero attached hydrogens (tertiary/aromatic N) is 1. The van der Waals surface area contributed by atoms with Gasteiger partial charge in [-0.15, -0.1) is 0 Å². The number of anilines is 1. The lowest BCUT2D eigenvalue weighted by Gasteiger charge is -2.30. The van der Waals surface area contributed by atoms with Crippen LogP contribution in [-0.4, -0.2) is 38.9 Å². The van der Waals surface area contributed by atoms with Gasteiger partial charge in [-0.25, -0.2) is 4.39 Å². The van der Waals surface area contributed by atoms with Gasteiger partial charge in [0.25, 0.3) is 0 Å². The van der Waals surface area contributed by atoms with E-state index >= 15 is 0 Å². The summed E-state index contributed by atoms with van der Waals surface area (Å²) in [6.07, 6.45) is 2.15. The maximum absolute atomic E-state index is 13.5. The summed E-state index contributed by atoms with van der Waals surface area (Å²) >= 11 is 0. The number of hydrogen-bond acceptors (Lipinski definition) is 3. The van der Waals surface area contributed by atoms with E-state index in [9.17, 15) is 4.39 Å². The highest BCUT2D eigenvalue weighted by Gasteiger charge is 2.29. The van der Waals surface area contributed by atoms with Gasteiger partial charge in [0.2, 0.25) is 0 Å². The van der Waals surface area contributed by atoms with Gasteiger partial charge < -0.3 is 15.0 Å². The minimum atomic E-state index is -0.139. The first-order valence-electron chi connectivity index (χ1n) is 7.62. The van der Waals surface area contributed by atoms with Gasteiger partial charge in [0, 0.05) is 37.3 Å². The Balaban J connectivity index is 1.72. The standard InChI is InChI=1S/C16H23FN2O/c1-2-18-15(13-6-8-20-11-13)10-19-7-5-12-3-4-14(17)9-16(12)19/h3-4,9,13,15,18H,2,5-8,10-11H2,1H3. The molecule has 1 fully saturated rings. The summed E-state index contributed by atoms with van der Waals surface area (Å²) in [6, 6.07) is 5.59. The van der Waals surface area contributed by atoms with Crippen molar-refractivity contribution in [3.63, 3.8) is 0 Å². The lowest BCUT2D eigenvalue weighted by molar-refractivity contribution is 0.177. The Labute approximate surface area is 120 Å². The lowest BCUT2D eigenvalue weighted by Crippen LogP contribution is -2.45. The van der Waals surface area contributed by atoms with Crippen molar-refractivity contribution in [3.8, 4) is 0 Å². The number of nitrogens with one attached hydrogen (secondary N) is 1. The predicted octanol–water partition coefficient (Wildman–Crippen LogP) is 2.20. The Morgan fingerprint density at radius 3 is 3.15 bits per heavy atom. The molecule has 110 valence electrons. The molecule has 3 nitrogen and oxygen atoms in total. The topological polar surface area (TPSA) is 24.5 Å². The third kappa shape index (κ3) is 2.81. The van der Waals surface area contributed by atoms with Crippen molar-refractivity contribution in [1.82, 2.24) is 5.32 Å². The summed E-state index contributed by atoms with van der Waals surface area (Å²) in [4.78, 5) is 2.32. The molecule has 1 saturated heterocycles. The second kappa shape index (κ2) is 6.10. The third-order valence-corrected chi connectivity index (χ3v) is 4.46. The molecule has 0 radical (unpaired) electrons. The van der Waals surface area contributed by atoms with Crippen LogP contribution in [0.15, 0.2) is 18.2 Å². The van der Waals surface area contributed by atoms with Crippen LogP contribution in [-0.2, 0) is 11.2 Å². The first kappa shape index (κ1) is 13.8. The van der Waals surface area contributed by atoms with Crippen LogP contribution in [0.2, 0.25) is 0 Å². The Morgan fingerprint density at radius 1 is 1.50 bits per heavy atom. The number of halogens is 1. The van der Waals surface area contributed by atoms with Crippen LogP contribution in [0, 0.1) is 11.7 Å². The van der Waals surface area contributed by atoms with Gasteiger partial charge in [-0.1, -0.05) is 13.0 Å². The molecule has 0 spiro atoms. The van der Waals surface area contributed by atoms with Crippen LogP contribution in [0.25, 0.3) is 0 Å². The van der Waals surface area contributed by atoms with Crippen molar-refractivity contribution in [2.45, 2.75) is 25.8 Å². The molecule has 0 bridgehead atoms. The Hall–Kier alpha value is -1.13. The van der Waals surface area contributed by atoms with Gasteiger partial charge in [0.15, 0.2) is 0 Å². The van der Waals surface area contributed by atoms with Crippen molar-refractivity contribution in [1.29, 1.82) is 0 Å². The van der Waals surface area contributed by atoms with Crippen LogP contribution < -0.4 is 10.2 Å². The van der Waals surface area contributed by atoms with Gasteiger partial charge >= 0.3 is 0 Å². The minimum Gasteiger partial charge on any atom is -0.381 e. The zero-order chi connectivity index (χ0) is 13.9. The summed E-state index contributed by atoms with van der Waals surface area (Å²) in [5.74, 6) is 0.437. The quantitative estimate of drug-likeness (QED) is 0.893. The average molecular weight is 278 g/mol. The zero-order valence-corrected chi connectivity index (χ0v) is 12.1. The molecule has 4 heteroatoms. The van der Waals surface area contributed by atoms with Crippen molar-refractivity contribution in [2.75, 3.05) is 37.7 Å². The normalized spacial score (nSPS) is 23.1. The molecule has 0 amide bonds. The molecule has 1 N–H and O–H groups in total. The molecule has 2 heterocycles. The van der Waals surface area contributed by atoms with Gasteiger partial charge in [0.05, 0.1) is 6.61 Å².